The van der Waals surface area contributed by atoms with Crippen LogP contribution in [0.25, 0.3) is 0 Å². The SMILES string of the molecule is CNOOSc1cccc(C(=O)OC)c1. The van der Waals surface area contributed by atoms with Gasteiger partial charge in [-0.3, -0.25) is 0 Å². The van der Waals surface area contributed by atoms with Gasteiger partial charge in [-0.15, -0.1) is 9.32 Å². The standard InChI is InChI=1S/C9H11NO4S/c1-10-13-14-15-8-5-3-4-7(6-8)9(11)12-2/h3-6,10H,1-2H3. The van der Waals surface area contributed by atoms with Gasteiger partial charge in [0.1, 0.15) is 0 Å². The van der Waals surface area contributed by atoms with Crippen LogP contribution < -0.4 is 5.48 Å². The summed E-state index contributed by atoms with van der Waals surface area (Å²) in [5.74, 6) is -0.382. The van der Waals surface area contributed by atoms with Crippen molar-refractivity contribution in [3.05, 3.63) is 29.8 Å². The van der Waals surface area contributed by atoms with E-state index in [-0.39, 0.29) is 5.97 Å². The van der Waals surface area contributed by atoms with Gasteiger partial charge in [0.05, 0.1) is 24.7 Å². The quantitative estimate of drug-likeness (QED) is 0.272. The third-order valence-electron chi connectivity index (χ3n) is 1.50. The van der Waals surface area contributed by atoms with Crippen molar-refractivity contribution in [2.24, 2.45) is 0 Å². The molecule has 5 nitrogen and oxygen atoms in total. The van der Waals surface area contributed by atoms with Gasteiger partial charge in [0, 0.05) is 11.9 Å². The van der Waals surface area contributed by atoms with Gasteiger partial charge >= 0.3 is 5.97 Å². The van der Waals surface area contributed by atoms with Crippen LogP contribution >= 0.6 is 12.0 Å². The van der Waals surface area contributed by atoms with E-state index in [4.69, 9.17) is 4.33 Å². The first-order valence-electron chi connectivity index (χ1n) is 4.13. The van der Waals surface area contributed by atoms with Crippen molar-refractivity contribution < 1.29 is 18.9 Å². The van der Waals surface area contributed by atoms with Gasteiger partial charge in [-0.1, -0.05) is 6.07 Å². The van der Waals surface area contributed by atoms with Crippen LogP contribution in [0, 0.1) is 0 Å². The maximum atomic E-state index is 11.2. The molecule has 0 radical (unpaired) electrons. The average Bonchev–Trinajstić information content (AvgIpc) is 2.29. The molecule has 0 saturated carbocycles. The van der Waals surface area contributed by atoms with E-state index in [9.17, 15) is 4.79 Å². The van der Waals surface area contributed by atoms with Gasteiger partial charge in [-0.2, -0.15) is 5.48 Å². The van der Waals surface area contributed by atoms with Gasteiger partial charge in [0.25, 0.3) is 0 Å². The summed E-state index contributed by atoms with van der Waals surface area (Å²) < 4.78 is 9.27. The minimum absolute atomic E-state index is 0.382. The Kier molecular flexibility index (Phi) is 5.13. The molecule has 0 atom stereocenters. The maximum Gasteiger partial charge on any atom is 0.337 e. The molecular formula is C9H11NO4S. The molecule has 0 fully saturated rings. The highest BCUT2D eigenvalue weighted by molar-refractivity contribution is 7.94. The summed E-state index contributed by atoms with van der Waals surface area (Å²) in [6, 6.07) is 6.83. The van der Waals surface area contributed by atoms with Crippen molar-refractivity contribution in [3.8, 4) is 0 Å². The smallest absolute Gasteiger partial charge is 0.337 e. The third kappa shape index (κ3) is 3.88. The van der Waals surface area contributed by atoms with E-state index in [0.717, 1.165) is 16.9 Å². The molecule has 0 unspecified atom stereocenters. The molecular weight excluding hydrogens is 218 g/mol. The second-order valence-corrected chi connectivity index (χ2v) is 3.23. The van der Waals surface area contributed by atoms with Crippen molar-refractivity contribution in [3.63, 3.8) is 0 Å². The number of hydroxylamine groups is 1. The van der Waals surface area contributed by atoms with E-state index in [0.29, 0.717) is 5.56 Å². The van der Waals surface area contributed by atoms with E-state index in [2.05, 4.69) is 15.2 Å². The molecule has 0 spiro atoms. The van der Waals surface area contributed by atoms with Gasteiger partial charge in [-0.25, -0.2) is 4.79 Å². The number of rotatable bonds is 5. The van der Waals surface area contributed by atoms with Crippen LogP contribution in [-0.2, 0) is 14.1 Å². The number of ether oxygens (including phenoxy) is 1. The van der Waals surface area contributed by atoms with Crippen LogP contribution in [0.1, 0.15) is 10.4 Å². The molecule has 6 heteroatoms. The van der Waals surface area contributed by atoms with E-state index in [1.165, 1.54) is 7.11 Å². The number of hydrogen-bond acceptors (Lipinski definition) is 6. The fourth-order valence-electron chi connectivity index (χ4n) is 0.883. The predicted molar refractivity (Wildman–Crippen MR) is 54.9 cm³/mol. The summed E-state index contributed by atoms with van der Waals surface area (Å²) >= 11 is 0.995. The molecule has 0 bridgehead atoms. The van der Waals surface area contributed by atoms with E-state index < -0.39 is 0 Å². The zero-order valence-electron chi connectivity index (χ0n) is 8.35. The van der Waals surface area contributed by atoms with Crippen molar-refractivity contribution in [2.45, 2.75) is 4.90 Å². The van der Waals surface area contributed by atoms with Crippen molar-refractivity contribution in [2.75, 3.05) is 14.2 Å². The fourth-order valence-corrected chi connectivity index (χ4v) is 1.37. The lowest BCUT2D eigenvalue weighted by Crippen LogP contribution is -2.04. The van der Waals surface area contributed by atoms with Gasteiger partial charge < -0.3 is 4.74 Å². The fraction of sp³-hybridized carbons (Fsp3) is 0.222. The highest BCUT2D eigenvalue weighted by atomic mass is 32.2. The Morgan fingerprint density at radius 2 is 2.27 bits per heavy atom. The summed E-state index contributed by atoms with van der Waals surface area (Å²) in [7, 11) is 2.91. The van der Waals surface area contributed by atoms with Crippen molar-refractivity contribution >= 4 is 18.0 Å². The molecule has 15 heavy (non-hydrogen) atoms. The zero-order chi connectivity index (χ0) is 11.1. The van der Waals surface area contributed by atoms with Crippen molar-refractivity contribution in [1.29, 1.82) is 0 Å². The topological polar surface area (TPSA) is 56.8 Å². The predicted octanol–water partition coefficient (Wildman–Crippen LogP) is 1.56. The number of carbonyl (C=O) groups is 1. The third-order valence-corrected chi connectivity index (χ3v) is 2.09. The highest BCUT2D eigenvalue weighted by Gasteiger charge is 2.06. The van der Waals surface area contributed by atoms with E-state index >= 15 is 0 Å². The summed E-state index contributed by atoms with van der Waals surface area (Å²) in [5, 5.41) is 0. The molecule has 1 aromatic rings. The number of benzene rings is 1. The number of nitrogens with one attached hydrogen (secondary N) is 1. The van der Waals surface area contributed by atoms with Gasteiger partial charge in [0.15, 0.2) is 0 Å². The summed E-state index contributed by atoms with van der Waals surface area (Å²) in [6.45, 7) is 0. The first-order valence-corrected chi connectivity index (χ1v) is 4.87. The molecule has 0 aromatic heterocycles. The first-order chi connectivity index (χ1) is 7.27. The summed E-state index contributed by atoms with van der Waals surface area (Å²) in [6.07, 6.45) is 0. The lowest BCUT2D eigenvalue weighted by molar-refractivity contribution is -0.237. The molecule has 0 amide bonds. The van der Waals surface area contributed by atoms with Crippen molar-refractivity contribution in [1.82, 2.24) is 5.48 Å². The Balaban J connectivity index is 2.62. The lowest BCUT2D eigenvalue weighted by Gasteiger charge is -2.02. The zero-order valence-corrected chi connectivity index (χ0v) is 9.17. The maximum absolute atomic E-state index is 11.2. The first kappa shape index (κ1) is 12.0. The Morgan fingerprint density at radius 3 is 2.93 bits per heavy atom. The average molecular weight is 229 g/mol. The van der Waals surface area contributed by atoms with Crippen LogP contribution in [0.5, 0.6) is 0 Å². The summed E-state index contributed by atoms with van der Waals surface area (Å²) in [4.78, 5) is 16.4. The Labute approximate surface area is 91.8 Å². The lowest BCUT2D eigenvalue weighted by atomic mass is 10.2. The second kappa shape index (κ2) is 6.41. The number of methoxy groups -OCH3 is 1. The number of hydrogen-bond donors (Lipinski definition) is 1. The summed E-state index contributed by atoms with van der Waals surface area (Å²) in [5.41, 5.74) is 2.82. The van der Waals surface area contributed by atoms with Gasteiger partial charge in [0.2, 0.25) is 0 Å². The molecule has 0 aliphatic heterocycles. The molecule has 1 rings (SSSR count). The molecule has 0 aliphatic carbocycles. The minimum atomic E-state index is -0.382. The number of esters is 1. The molecule has 0 aliphatic rings. The minimum Gasteiger partial charge on any atom is -0.465 e. The van der Waals surface area contributed by atoms with Crippen LogP contribution in [0.4, 0.5) is 0 Å². The monoisotopic (exact) mass is 229 g/mol. The normalized spacial score (nSPS) is 10.0. The van der Waals surface area contributed by atoms with E-state index in [1.54, 1.807) is 31.3 Å². The van der Waals surface area contributed by atoms with Crippen LogP contribution in [0.2, 0.25) is 0 Å². The largest absolute Gasteiger partial charge is 0.465 e. The Morgan fingerprint density at radius 1 is 1.47 bits per heavy atom. The Hall–Kier alpha value is -1.08. The highest BCUT2D eigenvalue weighted by Crippen LogP contribution is 2.20. The molecule has 0 saturated heterocycles. The molecule has 1 N–H and O–H groups in total. The second-order valence-electron chi connectivity index (χ2n) is 2.46. The van der Waals surface area contributed by atoms with E-state index in [1.807, 2.05) is 0 Å². The van der Waals surface area contributed by atoms with Gasteiger partial charge in [-0.05, 0) is 18.2 Å². The molecule has 1 aromatic carbocycles. The molecule has 82 valence electrons. The van der Waals surface area contributed by atoms with Crippen LogP contribution in [0.3, 0.4) is 0 Å². The van der Waals surface area contributed by atoms with Crippen LogP contribution in [-0.4, -0.2) is 20.1 Å². The number of carbonyl (C=O) groups excluding carboxylic acids is 1. The van der Waals surface area contributed by atoms with Crippen LogP contribution in [0.15, 0.2) is 29.2 Å². The molecule has 0 heterocycles. The Bertz CT molecular complexity index is 332.